The topological polar surface area (TPSA) is 132 Å². The molecule has 3 unspecified atom stereocenters. The Balaban J connectivity index is 4.26. The number of carbonyl (C=O) groups is 1. The lowest BCUT2D eigenvalue weighted by Crippen LogP contribution is -2.29. The van der Waals surface area contributed by atoms with Crippen molar-refractivity contribution in [3.63, 3.8) is 0 Å². The lowest BCUT2D eigenvalue weighted by atomic mass is 10.1. The maximum absolute atomic E-state index is 12.5. The van der Waals surface area contributed by atoms with Crippen molar-refractivity contribution in [3.05, 3.63) is 36.5 Å². The maximum atomic E-state index is 12.5. The van der Waals surface area contributed by atoms with Gasteiger partial charge in [0.1, 0.15) is 12.2 Å². The molecular weight excluding hydrogens is 631 g/mol. The molecule has 0 aromatic carbocycles. The van der Waals surface area contributed by atoms with Crippen LogP contribution in [-0.4, -0.2) is 66.3 Å². The molecule has 0 fully saturated rings. The molecule has 0 aromatic rings. The first kappa shape index (κ1) is 46.7. The van der Waals surface area contributed by atoms with Gasteiger partial charge in [0.15, 0.2) is 0 Å². The highest BCUT2D eigenvalue weighted by Gasteiger charge is 2.26. The fourth-order valence-electron chi connectivity index (χ4n) is 4.86. The smallest absolute Gasteiger partial charge is 0.457 e. The SMILES string of the molecule is CCC/C=C\CCCCCCCCOCC(COP(=O)(O)OCC(O)CO)OC(=O)CCCCCCC/C=C\C/C=C\CCCCCC. The van der Waals surface area contributed by atoms with E-state index in [9.17, 15) is 19.4 Å². The van der Waals surface area contributed by atoms with E-state index in [0.717, 1.165) is 70.6 Å². The quantitative estimate of drug-likeness (QED) is 0.0253. The summed E-state index contributed by atoms with van der Waals surface area (Å²) < 4.78 is 33.2. The second-order valence-corrected chi connectivity index (χ2v) is 14.0. The zero-order valence-electron chi connectivity index (χ0n) is 30.4. The molecule has 0 saturated heterocycles. The molecule has 0 heterocycles. The van der Waals surface area contributed by atoms with Gasteiger partial charge in [0.25, 0.3) is 0 Å². The molecule has 3 N–H and O–H groups in total. The number of aliphatic hydroxyl groups is 2. The van der Waals surface area contributed by atoms with Gasteiger partial charge in [-0.05, 0) is 64.2 Å². The summed E-state index contributed by atoms with van der Waals surface area (Å²) in [6.45, 7) is 3.40. The average Bonchev–Trinajstić information content (AvgIpc) is 3.07. The Morgan fingerprint density at radius 3 is 1.77 bits per heavy atom. The minimum absolute atomic E-state index is 0.0391. The van der Waals surface area contributed by atoms with Crippen molar-refractivity contribution in [2.75, 3.05) is 33.0 Å². The highest BCUT2D eigenvalue weighted by molar-refractivity contribution is 7.47. The van der Waals surface area contributed by atoms with Gasteiger partial charge in [-0.15, -0.1) is 0 Å². The van der Waals surface area contributed by atoms with Crippen LogP contribution in [0.3, 0.4) is 0 Å². The maximum Gasteiger partial charge on any atom is 0.472 e. The number of unbranched alkanes of at least 4 members (excludes halogenated alkanes) is 16. The Hall–Kier alpha value is -1.32. The molecule has 0 amide bonds. The average molecular weight is 703 g/mol. The van der Waals surface area contributed by atoms with Crippen molar-refractivity contribution in [3.8, 4) is 0 Å². The fraction of sp³-hybridized carbons (Fsp3) is 0.816. The molecule has 0 saturated carbocycles. The van der Waals surface area contributed by atoms with E-state index in [-0.39, 0.29) is 19.6 Å². The molecule has 9 nitrogen and oxygen atoms in total. The summed E-state index contributed by atoms with van der Waals surface area (Å²) >= 11 is 0. The third-order valence-corrected chi connectivity index (χ3v) is 8.73. The van der Waals surface area contributed by atoms with Gasteiger partial charge in [0.2, 0.25) is 0 Å². The molecule has 10 heteroatoms. The van der Waals surface area contributed by atoms with Crippen LogP contribution >= 0.6 is 7.82 Å². The minimum Gasteiger partial charge on any atom is -0.457 e. The molecule has 0 spiro atoms. The Kier molecular flexibility index (Phi) is 34.5. The predicted octanol–water partition coefficient (Wildman–Crippen LogP) is 9.69. The first-order chi connectivity index (χ1) is 23.3. The normalized spacial score (nSPS) is 14.7. The summed E-state index contributed by atoms with van der Waals surface area (Å²) in [6, 6.07) is 0. The second kappa shape index (κ2) is 35.5. The number of hydrogen-bond acceptors (Lipinski definition) is 8. The largest absolute Gasteiger partial charge is 0.472 e. The molecular formula is C38H71O9P. The first-order valence-electron chi connectivity index (χ1n) is 19.0. The van der Waals surface area contributed by atoms with Gasteiger partial charge in [-0.1, -0.05) is 121 Å². The Labute approximate surface area is 293 Å². The summed E-state index contributed by atoms with van der Waals surface area (Å²) in [5.41, 5.74) is 0. The molecule has 0 aromatic heterocycles. The van der Waals surface area contributed by atoms with Crippen LogP contribution in [0.5, 0.6) is 0 Å². The van der Waals surface area contributed by atoms with E-state index in [0.29, 0.717) is 13.0 Å². The van der Waals surface area contributed by atoms with Crippen molar-refractivity contribution in [1.82, 2.24) is 0 Å². The Morgan fingerprint density at radius 2 is 1.17 bits per heavy atom. The zero-order chi connectivity index (χ0) is 35.4. The molecule has 0 bridgehead atoms. The fourth-order valence-corrected chi connectivity index (χ4v) is 5.65. The van der Waals surface area contributed by atoms with Crippen LogP contribution in [0.1, 0.15) is 155 Å². The minimum atomic E-state index is -4.51. The number of aliphatic hydroxyl groups excluding tert-OH is 2. The highest BCUT2D eigenvalue weighted by Crippen LogP contribution is 2.43. The van der Waals surface area contributed by atoms with Crippen molar-refractivity contribution < 1.29 is 43.0 Å². The van der Waals surface area contributed by atoms with Crippen molar-refractivity contribution in [1.29, 1.82) is 0 Å². The molecule has 0 aliphatic carbocycles. The van der Waals surface area contributed by atoms with Gasteiger partial charge in [-0.2, -0.15) is 0 Å². The molecule has 282 valence electrons. The number of rotatable bonds is 36. The van der Waals surface area contributed by atoms with Crippen LogP contribution in [0.15, 0.2) is 36.5 Å². The van der Waals surface area contributed by atoms with Crippen LogP contribution in [0, 0.1) is 0 Å². The van der Waals surface area contributed by atoms with Crippen molar-refractivity contribution in [2.24, 2.45) is 0 Å². The summed E-state index contributed by atoms with van der Waals surface area (Å²) in [5, 5.41) is 18.3. The molecule has 0 radical (unpaired) electrons. The number of phosphoric ester groups is 1. The van der Waals surface area contributed by atoms with Gasteiger partial charge in [0, 0.05) is 13.0 Å². The summed E-state index contributed by atoms with van der Waals surface area (Å²) in [4.78, 5) is 22.4. The first-order valence-corrected chi connectivity index (χ1v) is 20.5. The van der Waals surface area contributed by atoms with Gasteiger partial charge < -0.3 is 24.6 Å². The van der Waals surface area contributed by atoms with E-state index >= 15 is 0 Å². The second-order valence-electron chi connectivity index (χ2n) is 12.6. The van der Waals surface area contributed by atoms with E-state index in [1.165, 1.54) is 57.8 Å². The predicted molar refractivity (Wildman–Crippen MR) is 196 cm³/mol. The number of phosphoric acid groups is 1. The van der Waals surface area contributed by atoms with E-state index in [1.54, 1.807) is 0 Å². The molecule has 3 atom stereocenters. The molecule has 0 rings (SSSR count). The monoisotopic (exact) mass is 702 g/mol. The van der Waals surface area contributed by atoms with Crippen LogP contribution in [0.25, 0.3) is 0 Å². The van der Waals surface area contributed by atoms with Crippen LogP contribution in [0.4, 0.5) is 0 Å². The van der Waals surface area contributed by atoms with Gasteiger partial charge in [0.05, 0.1) is 26.4 Å². The van der Waals surface area contributed by atoms with Gasteiger partial charge >= 0.3 is 13.8 Å². The molecule has 0 aliphatic rings. The molecule has 0 aliphatic heterocycles. The lowest BCUT2D eigenvalue weighted by Gasteiger charge is -2.20. The third-order valence-electron chi connectivity index (χ3n) is 7.78. The van der Waals surface area contributed by atoms with Crippen LogP contribution in [-0.2, 0) is 27.9 Å². The third kappa shape index (κ3) is 34.5. The molecule has 48 heavy (non-hydrogen) atoms. The van der Waals surface area contributed by atoms with Crippen LogP contribution < -0.4 is 0 Å². The van der Waals surface area contributed by atoms with Crippen molar-refractivity contribution >= 4 is 13.8 Å². The van der Waals surface area contributed by atoms with E-state index in [2.05, 4.69) is 50.3 Å². The lowest BCUT2D eigenvalue weighted by molar-refractivity contribution is -0.154. The number of ether oxygens (including phenoxy) is 2. The van der Waals surface area contributed by atoms with Crippen molar-refractivity contribution in [2.45, 2.75) is 167 Å². The zero-order valence-corrected chi connectivity index (χ0v) is 31.3. The van der Waals surface area contributed by atoms with Gasteiger partial charge in [-0.3, -0.25) is 13.8 Å². The number of hydrogen-bond donors (Lipinski definition) is 3. The van der Waals surface area contributed by atoms with E-state index < -0.39 is 39.2 Å². The Bertz CT molecular complexity index is 846. The number of esters is 1. The summed E-state index contributed by atoms with van der Waals surface area (Å²) in [5.74, 6) is -0.400. The summed E-state index contributed by atoms with van der Waals surface area (Å²) in [7, 11) is -4.51. The number of carbonyl (C=O) groups excluding carboxylic acids is 1. The highest BCUT2D eigenvalue weighted by atomic mass is 31.2. The summed E-state index contributed by atoms with van der Waals surface area (Å²) in [6.07, 6.45) is 35.3. The van der Waals surface area contributed by atoms with E-state index in [4.69, 9.17) is 23.6 Å². The van der Waals surface area contributed by atoms with Gasteiger partial charge in [-0.25, -0.2) is 4.57 Å². The Morgan fingerprint density at radius 1 is 0.646 bits per heavy atom. The number of allylic oxidation sites excluding steroid dienone is 6. The van der Waals surface area contributed by atoms with Crippen LogP contribution in [0.2, 0.25) is 0 Å². The standard InChI is InChI=1S/C38H71O9P/c1-3-5-7-9-11-13-15-16-17-18-19-20-22-24-26-28-30-38(41)47-37(35-46-48(42,43)45-33-36(40)32-39)34-44-31-29-27-25-23-21-14-12-10-8-6-4-2/h8,10,13,15,17-18,36-37,39-40H,3-7,9,11-12,14,16,19-35H2,1-2H3,(H,42,43)/b10-8-,15-13-,18-17-. The van der Waals surface area contributed by atoms with E-state index in [1.807, 2.05) is 0 Å².